The van der Waals surface area contributed by atoms with Crippen molar-refractivity contribution in [2.75, 3.05) is 19.1 Å². The number of anilines is 1. The molecule has 0 aliphatic carbocycles. The third-order valence-electron chi connectivity index (χ3n) is 6.06. The predicted octanol–water partition coefficient (Wildman–Crippen LogP) is 3.56. The number of methoxy groups -OCH3 is 2. The summed E-state index contributed by atoms with van der Waals surface area (Å²) in [6.45, 7) is 0. The molecule has 0 saturated carbocycles. The van der Waals surface area contributed by atoms with Crippen LogP contribution in [0.3, 0.4) is 0 Å². The Balaban J connectivity index is 1.86. The predicted molar refractivity (Wildman–Crippen MR) is 134 cm³/mol. The lowest BCUT2D eigenvalue weighted by Gasteiger charge is -2.26. The molecule has 0 N–H and O–H groups in total. The molecule has 0 unspecified atom stereocenters. The average Bonchev–Trinajstić information content (AvgIpc) is 3.09. The van der Waals surface area contributed by atoms with E-state index in [9.17, 15) is 18.0 Å². The molecule has 0 amide bonds. The third-order valence-corrected chi connectivity index (χ3v) is 7.81. The van der Waals surface area contributed by atoms with Crippen molar-refractivity contribution < 1.29 is 27.5 Å². The molecule has 2 aliphatic rings. The van der Waals surface area contributed by atoms with Gasteiger partial charge < -0.3 is 18.9 Å². The number of carbonyl (C=O) groups excluding carboxylic acids is 2. The lowest BCUT2D eigenvalue weighted by atomic mass is 10.1. The summed E-state index contributed by atoms with van der Waals surface area (Å²) in [6.07, 6.45) is 4.29. The van der Waals surface area contributed by atoms with Crippen molar-refractivity contribution in [2.45, 2.75) is 4.90 Å². The second-order valence-electron chi connectivity index (χ2n) is 8.00. The summed E-state index contributed by atoms with van der Waals surface area (Å²) < 4.78 is 38.6. The molecule has 3 aromatic rings. The number of ether oxygens (including phenoxy) is 2. The minimum atomic E-state index is -3.89. The number of allylic oxidation sites excluding steroid dienone is 2. The van der Waals surface area contributed by atoms with Crippen LogP contribution in [-0.2, 0) is 35.9 Å². The standard InChI is InChI=1S/C26H21N3O6S/c1-28-19-12-8-7-11-18(19)23-24(28)27-22(26(31)35-3)21(25(30)34-2)20-14-13-17(15-29(20)23)36(32,33)16-9-5-4-6-10-16/h4-15H,1-3H3. The van der Waals surface area contributed by atoms with Crippen LogP contribution in [0.5, 0.6) is 0 Å². The number of aryl methyl sites for hydroxylation is 1. The van der Waals surface area contributed by atoms with Crippen LogP contribution in [0.15, 0.2) is 99.0 Å². The molecule has 10 heteroatoms. The van der Waals surface area contributed by atoms with Crippen LogP contribution in [0.4, 0.5) is 11.5 Å². The van der Waals surface area contributed by atoms with Gasteiger partial charge in [0.2, 0.25) is 9.84 Å². The van der Waals surface area contributed by atoms with Crippen molar-refractivity contribution >= 4 is 49.9 Å². The Kier molecular flexibility index (Phi) is 5.60. The summed E-state index contributed by atoms with van der Waals surface area (Å²) in [4.78, 5) is 32.0. The number of hydrogen-bond acceptors (Lipinski definition) is 8. The Labute approximate surface area is 207 Å². The molecule has 2 aromatic carbocycles. The molecule has 9 nitrogen and oxygen atoms in total. The zero-order chi connectivity index (χ0) is 25.6. The Bertz CT molecular complexity index is 1660. The van der Waals surface area contributed by atoms with Gasteiger partial charge in [-0.2, -0.15) is 0 Å². The summed E-state index contributed by atoms with van der Waals surface area (Å²) in [5.74, 6) is -1.30. The Morgan fingerprint density at radius 2 is 1.56 bits per heavy atom. The fourth-order valence-electron chi connectivity index (χ4n) is 4.32. The minimum Gasteiger partial charge on any atom is -0.465 e. The maximum absolute atomic E-state index is 13.5. The van der Waals surface area contributed by atoms with Gasteiger partial charge in [-0.15, -0.1) is 0 Å². The molecular formula is C26H21N3O6S. The molecule has 0 spiro atoms. The molecular weight excluding hydrogens is 482 g/mol. The third kappa shape index (κ3) is 3.45. The lowest BCUT2D eigenvalue weighted by Crippen LogP contribution is -2.29. The van der Waals surface area contributed by atoms with Crippen molar-refractivity contribution in [3.05, 3.63) is 89.1 Å². The summed E-state index contributed by atoms with van der Waals surface area (Å²) >= 11 is 0. The second-order valence-corrected chi connectivity index (χ2v) is 9.95. The minimum absolute atomic E-state index is 0.00191. The lowest BCUT2D eigenvalue weighted by molar-refractivity contribution is -0.137. The first-order valence-corrected chi connectivity index (χ1v) is 12.3. The highest BCUT2D eigenvalue weighted by Gasteiger charge is 2.37. The van der Waals surface area contributed by atoms with E-state index >= 15 is 0 Å². The molecule has 0 saturated heterocycles. The number of benzene rings is 2. The van der Waals surface area contributed by atoms with Crippen LogP contribution >= 0.6 is 0 Å². The van der Waals surface area contributed by atoms with Crippen LogP contribution in [0.2, 0.25) is 0 Å². The van der Waals surface area contributed by atoms with Gasteiger partial charge in [0, 0.05) is 18.6 Å². The molecule has 36 heavy (non-hydrogen) atoms. The van der Waals surface area contributed by atoms with Crippen molar-refractivity contribution in [1.82, 2.24) is 4.57 Å². The number of aromatic nitrogens is 1. The summed E-state index contributed by atoms with van der Waals surface area (Å²) in [5, 5.41) is 0.745. The zero-order valence-corrected chi connectivity index (χ0v) is 20.4. The first kappa shape index (κ1) is 23.3. The van der Waals surface area contributed by atoms with Crippen molar-refractivity contribution in [1.29, 1.82) is 0 Å². The van der Waals surface area contributed by atoms with Gasteiger partial charge in [0.25, 0.3) is 0 Å². The quantitative estimate of drug-likeness (QED) is 0.501. The van der Waals surface area contributed by atoms with Gasteiger partial charge >= 0.3 is 11.9 Å². The van der Waals surface area contributed by atoms with E-state index in [0.29, 0.717) is 11.5 Å². The molecule has 0 atom stereocenters. The van der Waals surface area contributed by atoms with Gasteiger partial charge in [0.05, 0.1) is 40.9 Å². The van der Waals surface area contributed by atoms with E-state index in [2.05, 4.69) is 4.99 Å². The fourth-order valence-corrected chi connectivity index (χ4v) is 5.60. The Morgan fingerprint density at radius 3 is 2.25 bits per heavy atom. The molecule has 0 bridgehead atoms. The van der Waals surface area contributed by atoms with E-state index in [1.54, 1.807) is 34.7 Å². The first-order valence-electron chi connectivity index (χ1n) is 10.9. The number of rotatable bonds is 4. The summed E-state index contributed by atoms with van der Waals surface area (Å²) in [6, 6.07) is 15.5. The molecule has 1 aromatic heterocycles. The molecule has 3 heterocycles. The first-order chi connectivity index (χ1) is 17.3. The van der Waals surface area contributed by atoms with E-state index in [0.717, 1.165) is 10.9 Å². The van der Waals surface area contributed by atoms with E-state index in [-0.39, 0.29) is 26.8 Å². The smallest absolute Gasteiger partial charge is 0.357 e. The van der Waals surface area contributed by atoms with Crippen molar-refractivity contribution in [3.63, 3.8) is 0 Å². The van der Waals surface area contributed by atoms with Gasteiger partial charge in [-0.25, -0.2) is 23.0 Å². The number of para-hydroxylation sites is 1. The van der Waals surface area contributed by atoms with E-state index in [4.69, 9.17) is 9.47 Å². The Hall–Kier alpha value is -4.44. The normalized spacial score (nSPS) is 15.0. The van der Waals surface area contributed by atoms with Crippen LogP contribution in [-0.4, -0.2) is 44.9 Å². The van der Waals surface area contributed by atoms with Gasteiger partial charge in [-0.3, -0.25) is 0 Å². The van der Waals surface area contributed by atoms with Crippen molar-refractivity contribution in [3.8, 4) is 0 Å². The topological polar surface area (TPSA) is 107 Å². The number of fused-ring (bicyclic) bond motifs is 5. The highest BCUT2D eigenvalue weighted by molar-refractivity contribution is 7.95. The number of nitrogens with zero attached hydrogens (tertiary/aromatic N) is 3. The highest BCUT2D eigenvalue weighted by Crippen LogP contribution is 2.45. The second kappa shape index (κ2) is 8.65. The summed E-state index contributed by atoms with van der Waals surface area (Å²) in [5.41, 5.74) is 1.14. The van der Waals surface area contributed by atoms with Crippen LogP contribution in [0.1, 0.15) is 0 Å². The molecule has 182 valence electrons. The molecule has 5 rings (SSSR count). The molecule has 0 radical (unpaired) electrons. The Morgan fingerprint density at radius 1 is 0.889 bits per heavy atom. The average molecular weight is 504 g/mol. The van der Waals surface area contributed by atoms with Crippen molar-refractivity contribution in [2.24, 2.45) is 12.0 Å². The molecule has 2 aliphatic heterocycles. The number of esters is 2. The number of carbonyl (C=O) groups is 2. The largest absolute Gasteiger partial charge is 0.465 e. The monoisotopic (exact) mass is 503 g/mol. The molecule has 0 fully saturated rings. The van der Waals surface area contributed by atoms with Crippen LogP contribution in [0.25, 0.3) is 10.9 Å². The van der Waals surface area contributed by atoms with Crippen LogP contribution < -0.4 is 4.90 Å². The zero-order valence-electron chi connectivity index (χ0n) is 19.6. The van der Waals surface area contributed by atoms with Gasteiger partial charge in [0.1, 0.15) is 5.57 Å². The van der Waals surface area contributed by atoms with Crippen LogP contribution in [0, 0.1) is 0 Å². The maximum Gasteiger partial charge on any atom is 0.357 e. The fraction of sp³-hybridized carbons (Fsp3) is 0.115. The number of sulfone groups is 1. The van der Waals surface area contributed by atoms with Gasteiger partial charge in [0.15, 0.2) is 11.5 Å². The SMILES string of the molecule is COC(=O)C1=Nc2c(c3ccccc3n2C)N2C=C(S(=O)(=O)c3ccccc3)C=CC2=C1C(=O)OC. The number of hydrogen-bond donors (Lipinski definition) is 0. The van der Waals surface area contributed by atoms with Gasteiger partial charge in [-0.1, -0.05) is 36.4 Å². The van der Waals surface area contributed by atoms with E-state index < -0.39 is 21.8 Å². The number of aliphatic imine (C=N–C) groups is 1. The summed E-state index contributed by atoms with van der Waals surface area (Å²) in [7, 11) is 0.260. The van der Waals surface area contributed by atoms with Gasteiger partial charge in [-0.05, 0) is 30.4 Å². The van der Waals surface area contributed by atoms with E-state index in [1.807, 2.05) is 24.3 Å². The maximum atomic E-state index is 13.5. The highest BCUT2D eigenvalue weighted by atomic mass is 32.2. The van der Waals surface area contributed by atoms with E-state index in [1.165, 1.54) is 44.7 Å².